The smallest absolute Gasteiger partial charge is 0.332 e. The molecule has 2 atom stereocenters. The summed E-state index contributed by atoms with van der Waals surface area (Å²) in [7, 11) is 0. The number of halogens is 2. The number of ether oxygens (including phenoxy) is 1. The minimum Gasteiger partial charge on any atom is -0.479 e. The van der Waals surface area contributed by atoms with Crippen LogP contribution in [0.1, 0.15) is 50.3 Å². The number of hydrogen-bond acceptors (Lipinski definition) is 4. The largest absolute Gasteiger partial charge is 0.479 e. The fourth-order valence-electron chi connectivity index (χ4n) is 5.21. The number of nitrogens with zero attached hydrogens (tertiary/aromatic N) is 3. The molecule has 0 spiro atoms. The van der Waals surface area contributed by atoms with E-state index in [9.17, 15) is 19.6 Å². The van der Waals surface area contributed by atoms with E-state index in [4.69, 9.17) is 4.74 Å². The highest BCUT2D eigenvalue weighted by Gasteiger charge is 2.38. The Kier molecular flexibility index (Phi) is 5.56. The number of rotatable bonds is 5. The van der Waals surface area contributed by atoms with Crippen LogP contribution in [-0.2, 0) is 14.9 Å². The maximum absolute atomic E-state index is 16.1. The predicted molar refractivity (Wildman–Crippen MR) is 125 cm³/mol. The lowest BCUT2D eigenvalue weighted by Crippen LogP contribution is -2.32. The van der Waals surface area contributed by atoms with E-state index in [-0.39, 0.29) is 30.9 Å². The van der Waals surface area contributed by atoms with Crippen molar-refractivity contribution in [1.29, 1.82) is 5.26 Å². The first-order valence-electron chi connectivity index (χ1n) is 11.4. The highest BCUT2D eigenvalue weighted by molar-refractivity contribution is 6.00. The van der Waals surface area contributed by atoms with Gasteiger partial charge in [0.1, 0.15) is 11.3 Å². The standard InChI is InChI=1S/C26H24F2N4O3/c1-26(2,9-10-29)24-20(14-3-8-19(25(33)34)35-13-14)21-18(11-15-12-30-31-23(15)22(21)28)32(24)17-6-4-16(27)5-7-17/h4-7,11-12,14,19H,3,8-9,13H2,1-2H3,(H,30,31)(H,33,34)/t14-,19?/m1/s1. The molecule has 4 aromatic rings. The zero-order chi connectivity index (χ0) is 24.9. The average molecular weight is 478 g/mol. The zero-order valence-corrected chi connectivity index (χ0v) is 19.3. The van der Waals surface area contributed by atoms with Gasteiger partial charge >= 0.3 is 5.97 Å². The molecular weight excluding hydrogens is 454 g/mol. The number of H-pyrrole nitrogens is 1. The van der Waals surface area contributed by atoms with Gasteiger partial charge in [-0.1, -0.05) is 13.8 Å². The van der Waals surface area contributed by atoms with Crippen LogP contribution in [0.2, 0.25) is 0 Å². The molecule has 1 unspecified atom stereocenters. The van der Waals surface area contributed by atoms with Crippen molar-refractivity contribution in [2.24, 2.45) is 0 Å². The van der Waals surface area contributed by atoms with Gasteiger partial charge in [-0.3, -0.25) is 5.10 Å². The van der Waals surface area contributed by atoms with Crippen LogP contribution in [0.4, 0.5) is 8.78 Å². The number of aliphatic carboxylic acids is 1. The number of fused-ring (bicyclic) bond motifs is 2. The van der Waals surface area contributed by atoms with Gasteiger partial charge in [-0.15, -0.1) is 0 Å². The first-order valence-corrected chi connectivity index (χ1v) is 11.4. The molecule has 2 aromatic heterocycles. The predicted octanol–water partition coefficient (Wildman–Crippen LogP) is 5.32. The molecule has 35 heavy (non-hydrogen) atoms. The molecule has 2 aromatic carbocycles. The maximum atomic E-state index is 16.1. The van der Waals surface area contributed by atoms with Crippen LogP contribution >= 0.6 is 0 Å². The van der Waals surface area contributed by atoms with Crippen molar-refractivity contribution >= 4 is 27.8 Å². The van der Waals surface area contributed by atoms with Gasteiger partial charge < -0.3 is 14.4 Å². The van der Waals surface area contributed by atoms with Crippen molar-refractivity contribution in [2.75, 3.05) is 6.61 Å². The van der Waals surface area contributed by atoms with Crippen molar-refractivity contribution in [3.05, 3.63) is 59.4 Å². The minimum absolute atomic E-state index is 0.107. The third kappa shape index (κ3) is 3.74. The fraction of sp³-hybridized carbons (Fsp3) is 0.346. The Hall–Kier alpha value is -3.77. The van der Waals surface area contributed by atoms with Gasteiger partial charge in [-0.2, -0.15) is 10.4 Å². The molecule has 7 nitrogen and oxygen atoms in total. The number of aromatic nitrogens is 3. The van der Waals surface area contributed by atoms with E-state index in [2.05, 4.69) is 16.3 Å². The third-order valence-corrected chi connectivity index (χ3v) is 6.85. The van der Waals surface area contributed by atoms with Crippen molar-refractivity contribution in [2.45, 2.75) is 50.5 Å². The second-order valence-corrected chi connectivity index (χ2v) is 9.65. The van der Waals surface area contributed by atoms with Crippen molar-refractivity contribution in [3.63, 3.8) is 0 Å². The van der Waals surface area contributed by atoms with E-state index in [0.717, 1.165) is 5.69 Å². The van der Waals surface area contributed by atoms with Gasteiger partial charge in [0.15, 0.2) is 11.9 Å². The number of aromatic amines is 1. The van der Waals surface area contributed by atoms with Gasteiger partial charge in [-0.05, 0) is 48.7 Å². The molecule has 1 fully saturated rings. The molecule has 1 aliphatic heterocycles. The fourth-order valence-corrected chi connectivity index (χ4v) is 5.21. The number of carbonyl (C=O) groups is 1. The lowest BCUT2D eigenvalue weighted by Gasteiger charge is -2.32. The maximum Gasteiger partial charge on any atom is 0.332 e. The summed E-state index contributed by atoms with van der Waals surface area (Å²) in [6.45, 7) is 3.95. The van der Waals surface area contributed by atoms with Crippen molar-refractivity contribution < 1.29 is 23.4 Å². The molecule has 0 radical (unpaired) electrons. The second kappa shape index (κ2) is 8.47. The van der Waals surface area contributed by atoms with Crippen LogP contribution in [0.15, 0.2) is 36.5 Å². The van der Waals surface area contributed by atoms with Crippen LogP contribution in [0.25, 0.3) is 27.5 Å². The minimum atomic E-state index is -1.02. The molecule has 1 aliphatic rings. The molecule has 0 bridgehead atoms. The molecule has 1 saturated heterocycles. The lowest BCUT2D eigenvalue weighted by molar-refractivity contribution is -0.153. The Bertz CT molecular complexity index is 1470. The van der Waals surface area contributed by atoms with Gasteiger partial charge in [0.2, 0.25) is 0 Å². The number of carboxylic acids is 1. The van der Waals surface area contributed by atoms with Crippen molar-refractivity contribution in [3.8, 4) is 11.8 Å². The van der Waals surface area contributed by atoms with Gasteiger partial charge in [-0.25, -0.2) is 13.6 Å². The van der Waals surface area contributed by atoms with E-state index >= 15 is 4.39 Å². The second-order valence-electron chi connectivity index (χ2n) is 9.65. The third-order valence-electron chi connectivity index (χ3n) is 6.85. The number of nitriles is 1. The summed E-state index contributed by atoms with van der Waals surface area (Å²) < 4.78 is 37.5. The Labute approximate surface area is 199 Å². The Morgan fingerprint density at radius 3 is 2.69 bits per heavy atom. The number of benzene rings is 2. The highest BCUT2D eigenvalue weighted by Crippen LogP contribution is 2.46. The molecular formula is C26H24F2N4O3. The summed E-state index contributed by atoms with van der Waals surface area (Å²) in [5.74, 6) is -2.18. The number of nitrogens with one attached hydrogen (secondary N) is 1. The Morgan fingerprint density at radius 1 is 1.31 bits per heavy atom. The molecule has 0 saturated carbocycles. The zero-order valence-electron chi connectivity index (χ0n) is 19.3. The van der Waals surface area contributed by atoms with Gasteiger partial charge in [0.05, 0.1) is 24.4 Å². The molecule has 5 rings (SSSR count). The van der Waals surface area contributed by atoms with Crippen LogP contribution in [-0.4, -0.2) is 38.6 Å². The molecule has 0 aliphatic carbocycles. The van der Waals surface area contributed by atoms with Crippen LogP contribution < -0.4 is 0 Å². The molecule has 0 amide bonds. The van der Waals surface area contributed by atoms with Crippen molar-refractivity contribution in [1.82, 2.24) is 14.8 Å². The normalized spacial score (nSPS) is 18.7. The number of carboxylic acid groups (broad SMARTS) is 1. The molecule has 180 valence electrons. The van der Waals surface area contributed by atoms with E-state index in [1.165, 1.54) is 12.1 Å². The summed E-state index contributed by atoms with van der Waals surface area (Å²) in [6.07, 6.45) is 1.56. The van der Waals surface area contributed by atoms with E-state index < -0.39 is 29.1 Å². The highest BCUT2D eigenvalue weighted by atomic mass is 19.1. The summed E-state index contributed by atoms with van der Waals surface area (Å²) in [5, 5.41) is 26.7. The molecule has 9 heteroatoms. The quantitative estimate of drug-likeness (QED) is 0.404. The first kappa shape index (κ1) is 23.0. The van der Waals surface area contributed by atoms with E-state index in [1.807, 2.05) is 24.5 Å². The van der Waals surface area contributed by atoms with Gasteiger partial charge in [0.25, 0.3) is 0 Å². The number of hydrogen-bond donors (Lipinski definition) is 2. The Balaban J connectivity index is 1.87. The van der Waals surface area contributed by atoms with E-state index in [1.54, 1.807) is 18.3 Å². The topological polar surface area (TPSA) is 104 Å². The Morgan fingerprint density at radius 2 is 2.06 bits per heavy atom. The summed E-state index contributed by atoms with van der Waals surface area (Å²) in [4.78, 5) is 11.4. The monoisotopic (exact) mass is 478 g/mol. The molecule has 2 N–H and O–H groups in total. The summed E-state index contributed by atoms with van der Waals surface area (Å²) in [5.41, 5.74) is 2.16. The van der Waals surface area contributed by atoms with Crippen LogP contribution in [0.5, 0.6) is 0 Å². The lowest BCUT2D eigenvalue weighted by atomic mass is 9.78. The summed E-state index contributed by atoms with van der Waals surface area (Å²) in [6, 6.07) is 10.0. The average Bonchev–Trinajstić information content (AvgIpc) is 3.43. The van der Waals surface area contributed by atoms with Crippen LogP contribution in [0, 0.1) is 23.0 Å². The first-order chi connectivity index (χ1) is 16.7. The summed E-state index contributed by atoms with van der Waals surface area (Å²) >= 11 is 0. The SMILES string of the molecule is CC(C)(CC#N)c1c([C@@H]2CCC(C(=O)O)OC2)c2c(F)c3[nH]ncc3cc2n1-c1ccc(F)cc1. The molecule has 3 heterocycles. The van der Waals surface area contributed by atoms with E-state index in [0.29, 0.717) is 34.0 Å². The van der Waals surface area contributed by atoms with Gasteiger partial charge in [0, 0.05) is 39.9 Å². The van der Waals surface area contributed by atoms with Crippen LogP contribution in [0.3, 0.4) is 0 Å².